The van der Waals surface area contributed by atoms with Gasteiger partial charge in [0.1, 0.15) is 23.5 Å². The zero-order valence-corrected chi connectivity index (χ0v) is 22.8. The van der Waals surface area contributed by atoms with Crippen LogP contribution in [0.1, 0.15) is 34.6 Å². The number of ether oxygens (including phenoxy) is 2. The zero-order valence-electron chi connectivity index (χ0n) is 22.8. The molecule has 0 spiro atoms. The van der Waals surface area contributed by atoms with Crippen LogP contribution >= 0.6 is 0 Å². The topological polar surface area (TPSA) is 108 Å². The minimum Gasteiger partial charge on any atom is -0.492 e. The van der Waals surface area contributed by atoms with E-state index in [4.69, 9.17) is 19.6 Å². The van der Waals surface area contributed by atoms with Crippen LogP contribution in [-0.4, -0.2) is 55.3 Å². The second-order valence-corrected chi connectivity index (χ2v) is 10.5. The minimum atomic E-state index is -0.610. The number of hydrogen-bond acceptors (Lipinski definition) is 8. The number of benzene rings is 2. The Labute approximate surface area is 226 Å². The Morgan fingerprint density at radius 1 is 1.05 bits per heavy atom. The van der Waals surface area contributed by atoms with Crippen molar-refractivity contribution >= 4 is 34.0 Å². The lowest BCUT2D eigenvalue weighted by Crippen LogP contribution is -2.27. The van der Waals surface area contributed by atoms with Crippen LogP contribution in [0.5, 0.6) is 5.75 Å². The Balaban J connectivity index is 1.40. The summed E-state index contributed by atoms with van der Waals surface area (Å²) in [6, 6.07) is 17.7. The molecule has 0 aliphatic heterocycles. The summed E-state index contributed by atoms with van der Waals surface area (Å²) in [7, 11) is 0. The van der Waals surface area contributed by atoms with Crippen LogP contribution < -0.4 is 15.4 Å². The van der Waals surface area contributed by atoms with E-state index in [1.807, 2.05) is 81.6 Å². The van der Waals surface area contributed by atoms with Crippen molar-refractivity contribution in [2.75, 3.05) is 18.5 Å². The lowest BCUT2D eigenvalue weighted by molar-refractivity contribution is 0.0522. The van der Waals surface area contributed by atoms with E-state index in [0.29, 0.717) is 29.8 Å². The summed E-state index contributed by atoms with van der Waals surface area (Å²) in [4.78, 5) is 17.4. The summed E-state index contributed by atoms with van der Waals surface area (Å²) in [6.45, 7) is 11.0. The van der Waals surface area contributed by atoms with Crippen molar-refractivity contribution in [1.82, 2.24) is 29.7 Å². The van der Waals surface area contributed by atoms with E-state index in [-0.39, 0.29) is 0 Å². The van der Waals surface area contributed by atoms with Crippen LogP contribution in [0.3, 0.4) is 0 Å². The highest BCUT2D eigenvalue weighted by molar-refractivity contribution is 5.90. The molecule has 0 amide bonds. The summed E-state index contributed by atoms with van der Waals surface area (Å²) >= 11 is 0. The van der Waals surface area contributed by atoms with Gasteiger partial charge in [-0.3, -0.25) is 0 Å². The average Bonchev–Trinajstić information content (AvgIpc) is 3.53. The molecule has 3 aromatic heterocycles. The van der Waals surface area contributed by atoms with E-state index in [2.05, 4.69) is 29.6 Å². The molecule has 10 nitrogen and oxygen atoms in total. The molecule has 0 atom stereocenters. The molecule has 2 aromatic carbocycles. The third kappa shape index (κ3) is 6.18. The van der Waals surface area contributed by atoms with E-state index in [0.717, 1.165) is 34.4 Å². The lowest BCUT2D eigenvalue weighted by atomic mass is 10.2. The molecule has 10 heteroatoms. The van der Waals surface area contributed by atoms with Crippen molar-refractivity contribution in [3.8, 4) is 17.1 Å². The van der Waals surface area contributed by atoms with Gasteiger partial charge in [0.2, 0.25) is 0 Å². The predicted molar refractivity (Wildman–Crippen MR) is 152 cm³/mol. The Kier molecular flexibility index (Phi) is 7.21. The van der Waals surface area contributed by atoms with Gasteiger partial charge in [-0.15, -0.1) is 5.10 Å². The van der Waals surface area contributed by atoms with E-state index >= 15 is 0 Å². The molecule has 0 aliphatic rings. The highest BCUT2D eigenvalue weighted by Crippen LogP contribution is 2.28. The Hall–Kier alpha value is -4.44. The number of fused-ring (bicyclic) bond motifs is 2. The maximum atomic E-state index is 12.6. The quantitative estimate of drug-likeness (QED) is 0.249. The summed E-state index contributed by atoms with van der Waals surface area (Å²) in [6.07, 6.45) is 3.01. The van der Waals surface area contributed by atoms with Gasteiger partial charge in [0, 0.05) is 35.4 Å². The third-order valence-electron chi connectivity index (χ3n) is 5.80. The van der Waals surface area contributed by atoms with Gasteiger partial charge in [-0.25, -0.2) is 14.3 Å². The Bertz CT molecular complexity index is 1610. The molecular formula is C29H33N7O3. The lowest BCUT2D eigenvalue weighted by Gasteiger charge is -2.19. The summed E-state index contributed by atoms with van der Waals surface area (Å²) in [5.74, 6) is 1.97. The van der Waals surface area contributed by atoms with Crippen LogP contribution in [0.25, 0.3) is 27.8 Å². The van der Waals surface area contributed by atoms with E-state index in [1.54, 1.807) is 10.7 Å². The second kappa shape index (κ2) is 10.7. The fourth-order valence-corrected chi connectivity index (χ4v) is 4.09. The number of anilines is 2. The maximum Gasteiger partial charge on any atom is 0.435 e. The largest absolute Gasteiger partial charge is 0.492 e. The number of carbonyl (C=O) groups excluding carboxylic acids is 1. The van der Waals surface area contributed by atoms with Crippen molar-refractivity contribution in [3.63, 3.8) is 0 Å². The van der Waals surface area contributed by atoms with Crippen LogP contribution in [0, 0.1) is 0 Å². The third-order valence-corrected chi connectivity index (χ3v) is 5.80. The van der Waals surface area contributed by atoms with Gasteiger partial charge in [0.25, 0.3) is 0 Å². The number of nitrogens with zero attached hydrogens (tertiary/aromatic N) is 5. The maximum absolute atomic E-state index is 12.6. The van der Waals surface area contributed by atoms with Crippen LogP contribution in [0.2, 0.25) is 0 Å². The number of rotatable bonds is 8. The predicted octanol–water partition coefficient (Wildman–Crippen LogP) is 5.65. The molecule has 0 unspecified atom stereocenters. The van der Waals surface area contributed by atoms with Gasteiger partial charge < -0.3 is 20.1 Å². The van der Waals surface area contributed by atoms with Crippen molar-refractivity contribution < 1.29 is 14.3 Å². The number of aromatic nitrogens is 5. The van der Waals surface area contributed by atoms with Gasteiger partial charge in [-0.2, -0.15) is 9.78 Å². The smallest absolute Gasteiger partial charge is 0.435 e. The van der Waals surface area contributed by atoms with Crippen LogP contribution in [-0.2, 0) is 4.74 Å². The second-order valence-electron chi connectivity index (χ2n) is 10.5. The SMILES string of the molecule is CC(C)NCCOc1cccc(-c2nc(Nc3ccc4c(cnn4C(=O)OC(C)(C)C)c3)c3cccn3n2)c1. The summed E-state index contributed by atoms with van der Waals surface area (Å²) in [5, 5.41) is 16.5. The highest BCUT2D eigenvalue weighted by Gasteiger charge is 2.20. The normalized spacial score (nSPS) is 11.8. The number of nitrogens with one attached hydrogen (secondary N) is 2. The Morgan fingerprint density at radius 3 is 2.69 bits per heavy atom. The molecule has 0 radical (unpaired) electrons. The van der Waals surface area contributed by atoms with E-state index in [9.17, 15) is 4.79 Å². The van der Waals surface area contributed by atoms with Gasteiger partial charge >= 0.3 is 6.09 Å². The van der Waals surface area contributed by atoms with E-state index in [1.165, 1.54) is 4.68 Å². The highest BCUT2D eigenvalue weighted by atomic mass is 16.6. The summed E-state index contributed by atoms with van der Waals surface area (Å²) in [5.41, 5.74) is 2.52. The molecule has 0 aliphatic carbocycles. The van der Waals surface area contributed by atoms with Crippen molar-refractivity contribution in [2.45, 2.75) is 46.3 Å². The van der Waals surface area contributed by atoms with Crippen molar-refractivity contribution in [3.05, 3.63) is 67.0 Å². The molecular weight excluding hydrogens is 494 g/mol. The molecule has 5 aromatic rings. The minimum absolute atomic E-state index is 0.412. The molecule has 0 saturated carbocycles. The molecule has 2 N–H and O–H groups in total. The van der Waals surface area contributed by atoms with E-state index < -0.39 is 11.7 Å². The molecule has 0 fully saturated rings. The monoisotopic (exact) mass is 527 g/mol. The molecule has 0 saturated heterocycles. The number of hydrogen-bond donors (Lipinski definition) is 2. The first-order valence-corrected chi connectivity index (χ1v) is 13.0. The van der Waals surface area contributed by atoms with Gasteiger partial charge in [0.05, 0.1) is 11.7 Å². The zero-order chi connectivity index (χ0) is 27.6. The molecule has 39 heavy (non-hydrogen) atoms. The molecule has 3 heterocycles. The van der Waals surface area contributed by atoms with Gasteiger partial charge in [-0.1, -0.05) is 26.0 Å². The molecule has 202 valence electrons. The van der Waals surface area contributed by atoms with Crippen molar-refractivity contribution in [2.24, 2.45) is 0 Å². The first-order valence-electron chi connectivity index (χ1n) is 13.0. The van der Waals surface area contributed by atoms with Crippen LogP contribution in [0.4, 0.5) is 16.3 Å². The fourth-order valence-electron chi connectivity index (χ4n) is 4.09. The Morgan fingerprint density at radius 2 is 1.90 bits per heavy atom. The molecule has 0 bridgehead atoms. The van der Waals surface area contributed by atoms with Crippen LogP contribution in [0.15, 0.2) is 67.0 Å². The standard InChI is InChI=1S/C29H33N7O3/c1-19(2)30-13-15-38-23-9-6-8-20(17-23)26-33-27(25-10-7-14-35(25)34-26)32-22-11-12-24-21(16-22)18-31-36(24)28(37)39-29(3,4)5/h6-12,14,16-19,30H,13,15H2,1-5H3,(H,32,33,34). The number of carbonyl (C=O) groups is 1. The first-order chi connectivity index (χ1) is 18.7. The molecule has 5 rings (SSSR count). The van der Waals surface area contributed by atoms with Gasteiger partial charge in [0.15, 0.2) is 11.6 Å². The van der Waals surface area contributed by atoms with Crippen molar-refractivity contribution in [1.29, 1.82) is 0 Å². The first kappa shape index (κ1) is 26.2. The fraction of sp³-hybridized carbons (Fsp3) is 0.310. The van der Waals surface area contributed by atoms with Gasteiger partial charge in [-0.05, 0) is 63.2 Å². The average molecular weight is 528 g/mol. The summed E-state index contributed by atoms with van der Waals surface area (Å²) < 4.78 is 14.5.